The summed E-state index contributed by atoms with van der Waals surface area (Å²) < 4.78 is 0. The number of hydrogen-bond donors (Lipinski definition) is 2. The Balaban J connectivity index is 1.52. The molecule has 2 rings (SSSR count). The van der Waals surface area contributed by atoms with E-state index in [1.807, 2.05) is 0 Å². The molecule has 0 spiro atoms. The van der Waals surface area contributed by atoms with Crippen LogP contribution in [0.3, 0.4) is 0 Å². The van der Waals surface area contributed by atoms with Crippen molar-refractivity contribution in [1.82, 2.24) is 0 Å². The van der Waals surface area contributed by atoms with E-state index in [0.717, 1.165) is 43.4 Å². The summed E-state index contributed by atoms with van der Waals surface area (Å²) in [6, 6.07) is 0. The standard InChI is InChI=1S/C21H40O2/c1-2-17-8-10-19(11-9-17)16-21(23)15-14-20(22)13-12-18-6-4-3-5-7-18/h17-23H,2-16H2,1H3/t17?,19?,20?,21-/m0/s1. The molecule has 0 saturated heterocycles. The summed E-state index contributed by atoms with van der Waals surface area (Å²) in [5.74, 6) is 2.52. The largest absolute Gasteiger partial charge is 0.393 e. The second-order valence-corrected chi connectivity index (χ2v) is 8.50. The van der Waals surface area contributed by atoms with Gasteiger partial charge in [-0.25, -0.2) is 0 Å². The van der Waals surface area contributed by atoms with Crippen molar-refractivity contribution in [2.75, 3.05) is 0 Å². The van der Waals surface area contributed by atoms with Crippen LogP contribution in [0.4, 0.5) is 0 Å². The van der Waals surface area contributed by atoms with Crippen LogP contribution < -0.4 is 0 Å². The van der Waals surface area contributed by atoms with Gasteiger partial charge < -0.3 is 10.2 Å². The van der Waals surface area contributed by atoms with Gasteiger partial charge in [0.25, 0.3) is 0 Å². The Bertz CT molecular complexity index is 290. The molecular weight excluding hydrogens is 284 g/mol. The lowest BCUT2D eigenvalue weighted by Crippen LogP contribution is -2.21. The molecule has 0 aromatic rings. The summed E-state index contributed by atoms with van der Waals surface area (Å²) >= 11 is 0. The van der Waals surface area contributed by atoms with Gasteiger partial charge in [-0.1, -0.05) is 71.1 Å². The molecular formula is C21H40O2. The summed E-state index contributed by atoms with van der Waals surface area (Å²) in [4.78, 5) is 0. The van der Waals surface area contributed by atoms with Crippen LogP contribution in [0.5, 0.6) is 0 Å². The Kier molecular flexibility index (Phi) is 8.97. The van der Waals surface area contributed by atoms with Crippen LogP contribution in [0.25, 0.3) is 0 Å². The zero-order valence-corrected chi connectivity index (χ0v) is 15.4. The second kappa shape index (κ2) is 10.7. The Morgan fingerprint density at radius 2 is 1.30 bits per heavy atom. The Morgan fingerprint density at radius 1 is 0.696 bits per heavy atom. The minimum absolute atomic E-state index is 0.192. The molecule has 0 aromatic carbocycles. The zero-order chi connectivity index (χ0) is 16.5. The van der Waals surface area contributed by atoms with Crippen molar-refractivity contribution in [3.05, 3.63) is 0 Å². The number of aliphatic hydroxyl groups excluding tert-OH is 2. The van der Waals surface area contributed by atoms with Gasteiger partial charge in [-0.3, -0.25) is 0 Å². The third-order valence-electron chi connectivity index (χ3n) is 6.62. The Hall–Kier alpha value is -0.0800. The minimum atomic E-state index is -0.192. The molecule has 2 atom stereocenters. The highest BCUT2D eigenvalue weighted by atomic mass is 16.3. The fourth-order valence-corrected chi connectivity index (χ4v) is 4.81. The normalized spacial score (nSPS) is 29.3. The van der Waals surface area contributed by atoms with Crippen LogP contribution in [-0.4, -0.2) is 22.4 Å². The fourth-order valence-electron chi connectivity index (χ4n) is 4.81. The van der Waals surface area contributed by atoms with Gasteiger partial charge in [-0.15, -0.1) is 0 Å². The molecule has 0 amide bonds. The van der Waals surface area contributed by atoms with Crippen molar-refractivity contribution < 1.29 is 10.2 Å². The molecule has 0 heterocycles. The van der Waals surface area contributed by atoms with E-state index >= 15 is 0 Å². The van der Waals surface area contributed by atoms with Crippen molar-refractivity contribution in [2.24, 2.45) is 17.8 Å². The van der Waals surface area contributed by atoms with Crippen LogP contribution in [0.15, 0.2) is 0 Å². The lowest BCUT2D eigenvalue weighted by atomic mass is 9.78. The first-order chi connectivity index (χ1) is 11.2. The van der Waals surface area contributed by atoms with Crippen LogP contribution in [0.2, 0.25) is 0 Å². The maximum Gasteiger partial charge on any atom is 0.0543 e. The molecule has 2 N–H and O–H groups in total. The van der Waals surface area contributed by atoms with Gasteiger partial charge in [0.1, 0.15) is 0 Å². The van der Waals surface area contributed by atoms with Gasteiger partial charge in [-0.2, -0.15) is 0 Å². The highest BCUT2D eigenvalue weighted by Crippen LogP contribution is 2.33. The predicted octanol–water partition coefficient (Wildman–Crippen LogP) is 5.46. The second-order valence-electron chi connectivity index (χ2n) is 8.50. The van der Waals surface area contributed by atoms with E-state index in [-0.39, 0.29) is 12.2 Å². The highest BCUT2D eigenvalue weighted by molar-refractivity contribution is 4.75. The Labute approximate surface area is 144 Å². The van der Waals surface area contributed by atoms with Gasteiger partial charge in [0, 0.05) is 0 Å². The monoisotopic (exact) mass is 324 g/mol. The van der Waals surface area contributed by atoms with Crippen molar-refractivity contribution >= 4 is 0 Å². The van der Waals surface area contributed by atoms with Crippen molar-refractivity contribution in [1.29, 1.82) is 0 Å². The SMILES string of the molecule is CCC1CCC(C[C@@H](O)CCC(O)CCC2CCCCC2)CC1. The molecule has 1 unspecified atom stereocenters. The van der Waals surface area contributed by atoms with E-state index in [9.17, 15) is 10.2 Å². The van der Waals surface area contributed by atoms with Crippen LogP contribution >= 0.6 is 0 Å². The van der Waals surface area contributed by atoms with Crippen molar-refractivity contribution in [2.45, 2.75) is 115 Å². The molecule has 2 saturated carbocycles. The topological polar surface area (TPSA) is 40.5 Å². The summed E-state index contributed by atoms with van der Waals surface area (Å²) in [7, 11) is 0. The first-order valence-corrected chi connectivity index (χ1v) is 10.5. The van der Waals surface area contributed by atoms with Crippen LogP contribution in [0.1, 0.15) is 103 Å². The highest BCUT2D eigenvalue weighted by Gasteiger charge is 2.22. The fraction of sp³-hybridized carbons (Fsp3) is 1.00. The minimum Gasteiger partial charge on any atom is -0.393 e. The zero-order valence-electron chi connectivity index (χ0n) is 15.4. The van der Waals surface area contributed by atoms with E-state index < -0.39 is 0 Å². The smallest absolute Gasteiger partial charge is 0.0543 e. The quantitative estimate of drug-likeness (QED) is 0.591. The molecule has 0 aromatic heterocycles. The lowest BCUT2D eigenvalue weighted by molar-refractivity contribution is 0.0813. The summed E-state index contributed by atoms with van der Waals surface area (Å²) in [6.45, 7) is 2.30. The number of hydrogen-bond acceptors (Lipinski definition) is 2. The van der Waals surface area contributed by atoms with E-state index in [1.54, 1.807) is 0 Å². The van der Waals surface area contributed by atoms with Gasteiger partial charge in [-0.05, 0) is 49.9 Å². The molecule has 2 aliphatic rings. The molecule has 2 aliphatic carbocycles. The third kappa shape index (κ3) is 7.56. The maximum absolute atomic E-state index is 10.3. The number of rotatable bonds is 9. The molecule has 0 radical (unpaired) electrons. The van der Waals surface area contributed by atoms with Gasteiger partial charge in [0.15, 0.2) is 0 Å². The van der Waals surface area contributed by atoms with E-state index in [1.165, 1.54) is 70.6 Å². The Morgan fingerprint density at radius 3 is 1.96 bits per heavy atom. The number of aliphatic hydroxyl groups is 2. The van der Waals surface area contributed by atoms with Crippen molar-refractivity contribution in [3.63, 3.8) is 0 Å². The lowest BCUT2D eigenvalue weighted by Gasteiger charge is -2.29. The predicted molar refractivity (Wildman–Crippen MR) is 97.4 cm³/mol. The maximum atomic E-state index is 10.3. The van der Waals surface area contributed by atoms with Crippen molar-refractivity contribution in [3.8, 4) is 0 Å². The molecule has 0 bridgehead atoms. The molecule has 0 aliphatic heterocycles. The average Bonchev–Trinajstić information content (AvgIpc) is 2.60. The summed E-state index contributed by atoms with van der Waals surface area (Å²) in [5, 5.41) is 20.5. The third-order valence-corrected chi connectivity index (χ3v) is 6.62. The van der Waals surface area contributed by atoms with Crippen LogP contribution in [-0.2, 0) is 0 Å². The molecule has 2 heteroatoms. The van der Waals surface area contributed by atoms with E-state index in [2.05, 4.69) is 6.92 Å². The van der Waals surface area contributed by atoms with Gasteiger partial charge >= 0.3 is 0 Å². The summed E-state index contributed by atoms with van der Waals surface area (Å²) in [6.07, 6.45) is 17.9. The van der Waals surface area contributed by atoms with Gasteiger partial charge in [0.2, 0.25) is 0 Å². The molecule has 2 nitrogen and oxygen atoms in total. The molecule has 23 heavy (non-hydrogen) atoms. The van der Waals surface area contributed by atoms with Gasteiger partial charge in [0.05, 0.1) is 12.2 Å². The first kappa shape index (κ1) is 19.2. The van der Waals surface area contributed by atoms with Crippen LogP contribution in [0, 0.1) is 17.8 Å². The molecule has 136 valence electrons. The van der Waals surface area contributed by atoms with E-state index in [0.29, 0.717) is 0 Å². The molecule has 2 fully saturated rings. The van der Waals surface area contributed by atoms with E-state index in [4.69, 9.17) is 0 Å². The first-order valence-electron chi connectivity index (χ1n) is 10.5. The summed E-state index contributed by atoms with van der Waals surface area (Å²) in [5.41, 5.74) is 0. The average molecular weight is 325 g/mol.